The minimum Gasteiger partial charge on any atom is -0.306 e. The number of rotatable bonds is 6. The fraction of sp³-hybridized carbons (Fsp3) is 0.368. The van der Waals surface area contributed by atoms with Crippen molar-refractivity contribution in [3.8, 4) is 0 Å². The Labute approximate surface area is 135 Å². The molecule has 116 valence electrons. The van der Waals surface area contributed by atoms with Gasteiger partial charge in [0.15, 0.2) is 0 Å². The first kappa shape index (κ1) is 15.4. The largest absolute Gasteiger partial charge is 0.306 e. The molecule has 0 aliphatic heterocycles. The monoisotopic (exact) mass is 313 g/mol. The molecule has 0 spiro atoms. The van der Waals surface area contributed by atoms with E-state index in [9.17, 15) is 4.21 Å². The van der Waals surface area contributed by atoms with Crippen LogP contribution in [-0.2, 0) is 17.3 Å². The normalized spacial score (nSPS) is 17.2. The molecule has 3 rings (SSSR count). The SMILES string of the molecule is Cc1ccccc1[C@@H](NCc1ccc([S@](C)=O)cc1)C1CC1. The summed E-state index contributed by atoms with van der Waals surface area (Å²) in [6, 6.07) is 17.2. The molecule has 0 amide bonds. The lowest BCUT2D eigenvalue weighted by molar-refractivity contribution is 0.478. The molecule has 3 heteroatoms. The van der Waals surface area contributed by atoms with E-state index in [2.05, 4.69) is 48.6 Å². The number of hydrogen-bond acceptors (Lipinski definition) is 2. The van der Waals surface area contributed by atoms with Crippen LogP contribution in [0.15, 0.2) is 53.4 Å². The van der Waals surface area contributed by atoms with Crippen LogP contribution in [0.1, 0.15) is 35.6 Å². The second-order valence-electron chi connectivity index (χ2n) is 6.15. The van der Waals surface area contributed by atoms with Crippen molar-refractivity contribution < 1.29 is 4.21 Å². The summed E-state index contributed by atoms with van der Waals surface area (Å²) in [4.78, 5) is 0.890. The van der Waals surface area contributed by atoms with Crippen molar-refractivity contribution in [1.82, 2.24) is 5.32 Å². The predicted molar refractivity (Wildman–Crippen MR) is 92.3 cm³/mol. The first-order chi connectivity index (χ1) is 10.6. The van der Waals surface area contributed by atoms with Crippen LogP contribution in [0, 0.1) is 12.8 Å². The van der Waals surface area contributed by atoms with Gasteiger partial charge in [0.25, 0.3) is 0 Å². The predicted octanol–water partition coefficient (Wildman–Crippen LogP) is 3.97. The second-order valence-corrected chi connectivity index (χ2v) is 7.53. The van der Waals surface area contributed by atoms with Crippen LogP contribution in [0.25, 0.3) is 0 Å². The molecule has 22 heavy (non-hydrogen) atoms. The van der Waals surface area contributed by atoms with Gasteiger partial charge in [-0.05, 0) is 54.5 Å². The van der Waals surface area contributed by atoms with E-state index in [1.165, 1.54) is 29.5 Å². The molecule has 1 N–H and O–H groups in total. The van der Waals surface area contributed by atoms with Gasteiger partial charge in [-0.1, -0.05) is 36.4 Å². The second kappa shape index (κ2) is 6.76. The first-order valence-corrected chi connectivity index (χ1v) is 9.42. The molecule has 1 aliphatic rings. The Hall–Kier alpha value is -1.45. The Morgan fingerprint density at radius 1 is 1.14 bits per heavy atom. The zero-order chi connectivity index (χ0) is 15.5. The van der Waals surface area contributed by atoms with Gasteiger partial charge in [-0.2, -0.15) is 0 Å². The Morgan fingerprint density at radius 3 is 2.41 bits per heavy atom. The van der Waals surface area contributed by atoms with Crippen molar-refractivity contribution in [3.63, 3.8) is 0 Å². The van der Waals surface area contributed by atoms with E-state index < -0.39 is 10.8 Å². The first-order valence-electron chi connectivity index (χ1n) is 7.86. The Morgan fingerprint density at radius 2 is 1.82 bits per heavy atom. The number of benzene rings is 2. The third-order valence-electron chi connectivity index (χ3n) is 4.40. The summed E-state index contributed by atoms with van der Waals surface area (Å²) < 4.78 is 11.4. The van der Waals surface area contributed by atoms with Crippen LogP contribution in [0.4, 0.5) is 0 Å². The van der Waals surface area contributed by atoms with E-state index in [4.69, 9.17) is 0 Å². The smallest absolute Gasteiger partial charge is 0.0498 e. The number of aryl methyl sites for hydroxylation is 1. The molecule has 2 aromatic rings. The van der Waals surface area contributed by atoms with Gasteiger partial charge < -0.3 is 5.32 Å². The highest BCUT2D eigenvalue weighted by Crippen LogP contribution is 2.41. The van der Waals surface area contributed by atoms with E-state index in [1.54, 1.807) is 6.26 Å². The van der Waals surface area contributed by atoms with Gasteiger partial charge in [-0.15, -0.1) is 0 Å². The van der Waals surface area contributed by atoms with Crippen molar-refractivity contribution in [1.29, 1.82) is 0 Å². The fourth-order valence-corrected chi connectivity index (χ4v) is 3.44. The number of hydrogen-bond donors (Lipinski definition) is 1. The zero-order valence-electron chi connectivity index (χ0n) is 13.2. The van der Waals surface area contributed by atoms with Gasteiger partial charge in [0.1, 0.15) is 0 Å². The van der Waals surface area contributed by atoms with E-state index >= 15 is 0 Å². The third-order valence-corrected chi connectivity index (χ3v) is 5.33. The van der Waals surface area contributed by atoms with Crippen molar-refractivity contribution in [3.05, 3.63) is 65.2 Å². The number of nitrogens with one attached hydrogen (secondary N) is 1. The molecular weight excluding hydrogens is 290 g/mol. The van der Waals surface area contributed by atoms with Crippen LogP contribution in [0.2, 0.25) is 0 Å². The van der Waals surface area contributed by atoms with E-state index in [0.717, 1.165) is 17.4 Å². The summed E-state index contributed by atoms with van der Waals surface area (Å²) in [5, 5.41) is 3.73. The van der Waals surface area contributed by atoms with Crippen LogP contribution in [0.5, 0.6) is 0 Å². The molecule has 0 radical (unpaired) electrons. The molecule has 1 saturated carbocycles. The molecule has 2 atom stereocenters. The van der Waals surface area contributed by atoms with Gasteiger partial charge in [-0.3, -0.25) is 4.21 Å². The van der Waals surface area contributed by atoms with Crippen molar-refractivity contribution >= 4 is 10.8 Å². The van der Waals surface area contributed by atoms with Crippen molar-refractivity contribution in [2.45, 2.75) is 37.2 Å². The molecule has 0 heterocycles. The highest BCUT2D eigenvalue weighted by atomic mass is 32.2. The topological polar surface area (TPSA) is 29.1 Å². The standard InChI is InChI=1S/C19H23NOS/c1-14-5-3-4-6-18(14)19(16-9-10-16)20-13-15-7-11-17(12-8-15)22(2)21/h3-8,11-12,16,19-20H,9-10,13H2,1-2H3/t19-,22-/m0/s1. The van der Waals surface area contributed by atoms with E-state index in [-0.39, 0.29) is 0 Å². The lowest BCUT2D eigenvalue weighted by atomic mass is 9.97. The molecule has 0 saturated heterocycles. The van der Waals surface area contributed by atoms with Gasteiger partial charge in [0.2, 0.25) is 0 Å². The zero-order valence-corrected chi connectivity index (χ0v) is 14.0. The molecule has 2 aromatic carbocycles. The van der Waals surface area contributed by atoms with E-state index in [0.29, 0.717) is 6.04 Å². The molecular formula is C19H23NOS. The van der Waals surface area contributed by atoms with Gasteiger partial charge >= 0.3 is 0 Å². The minimum atomic E-state index is -0.900. The van der Waals surface area contributed by atoms with Gasteiger partial charge in [-0.25, -0.2) is 0 Å². The summed E-state index contributed by atoms with van der Waals surface area (Å²) in [6.07, 6.45) is 4.36. The molecule has 1 fully saturated rings. The maximum absolute atomic E-state index is 11.4. The highest BCUT2D eigenvalue weighted by Gasteiger charge is 2.32. The van der Waals surface area contributed by atoms with Crippen LogP contribution < -0.4 is 5.32 Å². The lowest BCUT2D eigenvalue weighted by Gasteiger charge is -2.21. The minimum absolute atomic E-state index is 0.446. The van der Waals surface area contributed by atoms with Gasteiger partial charge in [0, 0.05) is 34.5 Å². The Balaban J connectivity index is 1.70. The summed E-state index contributed by atoms with van der Waals surface area (Å²) in [5.41, 5.74) is 4.04. The van der Waals surface area contributed by atoms with Crippen LogP contribution >= 0.6 is 0 Å². The lowest BCUT2D eigenvalue weighted by Crippen LogP contribution is -2.23. The van der Waals surface area contributed by atoms with Crippen LogP contribution in [-0.4, -0.2) is 10.5 Å². The Kier molecular flexibility index (Phi) is 4.74. The van der Waals surface area contributed by atoms with E-state index in [1.807, 2.05) is 12.1 Å². The molecule has 1 aliphatic carbocycles. The van der Waals surface area contributed by atoms with Crippen molar-refractivity contribution in [2.24, 2.45) is 5.92 Å². The molecule has 0 unspecified atom stereocenters. The summed E-state index contributed by atoms with van der Waals surface area (Å²) in [6.45, 7) is 3.05. The summed E-state index contributed by atoms with van der Waals surface area (Å²) >= 11 is 0. The highest BCUT2D eigenvalue weighted by molar-refractivity contribution is 7.84. The summed E-state index contributed by atoms with van der Waals surface area (Å²) in [5.74, 6) is 0.767. The maximum atomic E-state index is 11.4. The average molecular weight is 313 g/mol. The third kappa shape index (κ3) is 3.65. The molecule has 0 bridgehead atoms. The van der Waals surface area contributed by atoms with Gasteiger partial charge in [0.05, 0.1) is 0 Å². The van der Waals surface area contributed by atoms with Crippen LogP contribution in [0.3, 0.4) is 0 Å². The maximum Gasteiger partial charge on any atom is 0.0498 e. The molecule has 0 aromatic heterocycles. The summed E-state index contributed by atoms with van der Waals surface area (Å²) in [7, 11) is -0.900. The Bertz CT molecular complexity index is 661. The van der Waals surface area contributed by atoms with Crippen molar-refractivity contribution in [2.75, 3.05) is 6.26 Å². The molecule has 2 nitrogen and oxygen atoms in total. The fourth-order valence-electron chi connectivity index (χ4n) is 2.92. The quantitative estimate of drug-likeness (QED) is 0.874. The average Bonchev–Trinajstić information content (AvgIpc) is 3.34.